The quantitative estimate of drug-likeness (QED) is 0.557. The zero-order valence-electron chi connectivity index (χ0n) is 14.6. The number of halogens is 2. The fourth-order valence-corrected chi connectivity index (χ4v) is 3.90. The highest BCUT2D eigenvalue weighted by atomic mass is 35.5. The van der Waals surface area contributed by atoms with Crippen molar-refractivity contribution in [3.63, 3.8) is 0 Å². The standard InChI is InChI=1S/C21H21Cl2NO2/c1-26-21(25)7-3-14-2-5-19-16(10-14)4-6-20(19)24-9-8-15-11-17(22)13-18(23)12-15/h2-3,5,7,10-13,20,24H,4,6,8-9H2,1H3/b7-3+. The van der Waals surface area contributed by atoms with Crippen LogP contribution in [0.15, 0.2) is 42.5 Å². The number of carbonyl (C=O) groups excluding carboxylic acids is 1. The highest BCUT2D eigenvalue weighted by molar-refractivity contribution is 6.34. The molecule has 1 atom stereocenters. The van der Waals surface area contributed by atoms with Crippen LogP contribution in [0.3, 0.4) is 0 Å². The SMILES string of the molecule is COC(=O)/C=C/c1ccc2c(c1)CCC2NCCc1cc(Cl)cc(Cl)c1. The molecule has 136 valence electrons. The number of hydrogen-bond donors (Lipinski definition) is 1. The fourth-order valence-electron chi connectivity index (χ4n) is 3.33. The molecule has 2 aromatic rings. The van der Waals surface area contributed by atoms with Gasteiger partial charge in [0.05, 0.1) is 7.11 Å². The number of fused-ring (bicyclic) bond motifs is 1. The van der Waals surface area contributed by atoms with Crippen molar-refractivity contribution in [1.29, 1.82) is 0 Å². The second-order valence-corrected chi connectivity index (χ2v) is 7.26. The van der Waals surface area contributed by atoms with Crippen LogP contribution in [0.2, 0.25) is 10.0 Å². The van der Waals surface area contributed by atoms with Crippen LogP contribution in [-0.2, 0) is 22.4 Å². The Morgan fingerprint density at radius 1 is 1.23 bits per heavy atom. The van der Waals surface area contributed by atoms with E-state index in [0.717, 1.165) is 36.9 Å². The minimum atomic E-state index is -0.342. The van der Waals surface area contributed by atoms with Crippen molar-refractivity contribution >= 4 is 35.2 Å². The molecule has 1 aliphatic rings. The summed E-state index contributed by atoms with van der Waals surface area (Å²) in [5, 5.41) is 4.97. The van der Waals surface area contributed by atoms with Crippen LogP contribution in [0.5, 0.6) is 0 Å². The first-order chi connectivity index (χ1) is 12.5. The Morgan fingerprint density at radius 2 is 2.00 bits per heavy atom. The lowest BCUT2D eigenvalue weighted by Crippen LogP contribution is -2.21. The predicted molar refractivity (Wildman–Crippen MR) is 107 cm³/mol. The van der Waals surface area contributed by atoms with E-state index in [-0.39, 0.29) is 5.97 Å². The molecule has 26 heavy (non-hydrogen) atoms. The van der Waals surface area contributed by atoms with Crippen LogP contribution in [-0.4, -0.2) is 19.6 Å². The van der Waals surface area contributed by atoms with Gasteiger partial charge in [0.25, 0.3) is 0 Å². The third-order valence-electron chi connectivity index (χ3n) is 4.58. The van der Waals surface area contributed by atoms with Gasteiger partial charge in [-0.1, -0.05) is 41.4 Å². The van der Waals surface area contributed by atoms with Gasteiger partial charge in [-0.25, -0.2) is 4.79 Å². The van der Waals surface area contributed by atoms with Gasteiger partial charge in [-0.15, -0.1) is 0 Å². The summed E-state index contributed by atoms with van der Waals surface area (Å²) in [6, 6.07) is 12.3. The number of aryl methyl sites for hydroxylation is 1. The second-order valence-electron chi connectivity index (χ2n) is 6.39. The fraction of sp³-hybridized carbons (Fsp3) is 0.286. The average molecular weight is 390 g/mol. The Hall–Kier alpha value is -1.81. The molecule has 1 N–H and O–H groups in total. The minimum absolute atomic E-state index is 0.342. The van der Waals surface area contributed by atoms with Gasteiger partial charge in [0.15, 0.2) is 0 Å². The summed E-state index contributed by atoms with van der Waals surface area (Å²) in [6.45, 7) is 0.866. The summed E-state index contributed by atoms with van der Waals surface area (Å²) in [6.07, 6.45) is 6.23. The number of benzene rings is 2. The van der Waals surface area contributed by atoms with Gasteiger partial charge in [0.1, 0.15) is 0 Å². The summed E-state index contributed by atoms with van der Waals surface area (Å²) in [5.41, 5.74) is 4.82. The largest absolute Gasteiger partial charge is 0.466 e. The van der Waals surface area contributed by atoms with Crippen LogP contribution in [0.25, 0.3) is 6.08 Å². The lowest BCUT2D eigenvalue weighted by atomic mass is 10.0. The molecule has 0 aliphatic heterocycles. The number of ether oxygens (including phenoxy) is 1. The number of carbonyl (C=O) groups is 1. The molecule has 1 unspecified atom stereocenters. The van der Waals surface area contributed by atoms with Gasteiger partial charge in [-0.05, 0) is 72.3 Å². The molecule has 0 aromatic heterocycles. The third kappa shape index (κ3) is 4.88. The number of methoxy groups -OCH3 is 1. The summed E-state index contributed by atoms with van der Waals surface area (Å²) in [5.74, 6) is -0.342. The maximum Gasteiger partial charge on any atom is 0.330 e. The molecule has 3 nitrogen and oxygen atoms in total. The minimum Gasteiger partial charge on any atom is -0.466 e. The van der Waals surface area contributed by atoms with E-state index in [4.69, 9.17) is 23.2 Å². The van der Waals surface area contributed by atoms with Crippen LogP contribution in [0.4, 0.5) is 0 Å². The molecule has 5 heteroatoms. The zero-order chi connectivity index (χ0) is 18.5. The zero-order valence-corrected chi connectivity index (χ0v) is 16.1. The van der Waals surface area contributed by atoms with E-state index in [9.17, 15) is 4.79 Å². The molecule has 1 aliphatic carbocycles. The summed E-state index contributed by atoms with van der Waals surface area (Å²) >= 11 is 12.1. The smallest absolute Gasteiger partial charge is 0.330 e. The van der Waals surface area contributed by atoms with Gasteiger partial charge in [0, 0.05) is 22.2 Å². The van der Waals surface area contributed by atoms with E-state index in [2.05, 4.69) is 22.2 Å². The van der Waals surface area contributed by atoms with E-state index in [0.29, 0.717) is 16.1 Å². The van der Waals surface area contributed by atoms with E-state index in [1.807, 2.05) is 18.2 Å². The molecule has 3 rings (SSSR count). The van der Waals surface area contributed by atoms with Gasteiger partial charge in [-0.3, -0.25) is 0 Å². The van der Waals surface area contributed by atoms with Crippen molar-refractivity contribution in [2.75, 3.05) is 13.7 Å². The maximum absolute atomic E-state index is 11.2. The first-order valence-corrected chi connectivity index (χ1v) is 9.38. The highest BCUT2D eigenvalue weighted by Gasteiger charge is 2.21. The lowest BCUT2D eigenvalue weighted by Gasteiger charge is -2.14. The summed E-state index contributed by atoms with van der Waals surface area (Å²) < 4.78 is 4.62. The molecular formula is C21H21Cl2NO2. The van der Waals surface area contributed by atoms with Crippen molar-refractivity contribution in [3.8, 4) is 0 Å². The highest BCUT2D eigenvalue weighted by Crippen LogP contribution is 2.32. The van der Waals surface area contributed by atoms with E-state index in [1.165, 1.54) is 24.3 Å². The molecule has 0 radical (unpaired) electrons. The van der Waals surface area contributed by atoms with Crippen molar-refractivity contribution in [2.45, 2.75) is 25.3 Å². The summed E-state index contributed by atoms with van der Waals surface area (Å²) in [7, 11) is 1.38. The molecular weight excluding hydrogens is 369 g/mol. The molecule has 0 saturated heterocycles. The van der Waals surface area contributed by atoms with Crippen LogP contribution < -0.4 is 5.32 Å². The predicted octanol–water partition coefficient (Wildman–Crippen LogP) is 5.00. The Balaban J connectivity index is 1.59. The van der Waals surface area contributed by atoms with Crippen LogP contribution in [0, 0.1) is 0 Å². The molecule has 2 aromatic carbocycles. The Labute approximate surface area is 164 Å². The first-order valence-electron chi connectivity index (χ1n) is 8.62. The van der Waals surface area contributed by atoms with E-state index < -0.39 is 0 Å². The summed E-state index contributed by atoms with van der Waals surface area (Å²) in [4.78, 5) is 11.2. The Morgan fingerprint density at radius 3 is 2.73 bits per heavy atom. The number of esters is 1. The molecule has 0 amide bonds. The number of nitrogens with one attached hydrogen (secondary N) is 1. The lowest BCUT2D eigenvalue weighted by molar-refractivity contribution is -0.134. The van der Waals surface area contributed by atoms with Gasteiger partial charge in [-0.2, -0.15) is 0 Å². The van der Waals surface area contributed by atoms with E-state index >= 15 is 0 Å². The van der Waals surface area contributed by atoms with Crippen molar-refractivity contribution in [3.05, 3.63) is 74.8 Å². The Kier molecular flexibility index (Phi) is 6.36. The van der Waals surface area contributed by atoms with Crippen molar-refractivity contribution in [2.24, 2.45) is 0 Å². The van der Waals surface area contributed by atoms with Crippen LogP contribution in [0.1, 0.15) is 34.7 Å². The van der Waals surface area contributed by atoms with Gasteiger partial charge >= 0.3 is 5.97 Å². The molecule has 0 heterocycles. The monoisotopic (exact) mass is 389 g/mol. The van der Waals surface area contributed by atoms with Gasteiger partial charge in [0.2, 0.25) is 0 Å². The normalized spacial score (nSPS) is 16.0. The van der Waals surface area contributed by atoms with Crippen molar-refractivity contribution in [1.82, 2.24) is 5.32 Å². The van der Waals surface area contributed by atoms with Crippen molar-refractivity contribution < 1.29 is 9.53 Å². The molecule has 0 fully saturated rings. The molecule has 0 bridgehead atoms. The number of rotatable bonds is 6. The van der Waals surface area contributed by atoms with E-state index in [1.54, 1.807) is 12.1 Å². The first kappa shape index (κ1) is 19.0. The molecule has 0 spiro atoms. The third-order valence-corrected chi connectivity index (χ3v) is 5.02. The second kappa shape index (κ2) is 8.72. The Bertz CT molecular complexity index is 813. The molecule has 0 saturated carbocycles. The average Bonchev–Trinajstić information content (AvgIpc) is 3.01. The van der Waals surface area contributed by atoms with Crippen LogP contribution >= 0.6 is 23.2 Å². The maximum atomic E-state index is 11.2. The topological polar surface area (TPSA) is 38.3 Å². The van der Waals surface area contributed by atoms with Gasteiger partial charge < -0.3 is 10.1 Å². The number of hydrogen-bond acceptors (Lipinski definition) is 3.